The SMILES string of the molecule is C/C=C\CCCC(=O)NCc1ccc(CO[N+](=O)[O-])cc1. The number of carbonyl (C=O) groups excluding carboxylic acids is 1. The van der Waals surface area contributed by atoms with Crippen molar-refractivity contribution >= 4 is 5.91 Å². The van der Waals surface area contributed by atoms with E-state index in [4.69, 9.17) is 0 Å². The third kappa shape index (κ3) is 7.71. The molecular weight excluding hydrogens is 272 g/mol. The largest absolute Gasteiger partial charge is 0.352 e. The van der Waals surface area contributed by atoms with Crippen molar-refractivity contribution in [3.05, 3.63) is 57.7 Å². The smallest absolute Gasteiger partial charge is 0.294 e. The van der Waals surface area contributed by atoms with Gasteiger partial charge in [-0.3, -0.25) is 4.79 Å². The summed E-state index contributed by atoms with van der Waals surface area (Å²) in [6.07, 6.45) is 6.28. The second-order valence-corrected chi connectivity index (χ2v) is 4.55. The molecule has 1 aromatic rings. The molecule has 0 aliphatic heterocycles. The van der Waals surface area contributed by atoms with Crippen molar-refractivity contribution in [1.82, 2.24) is 5.32 Å². The van der Waals surface area contributed by atoms with Crippen LogP contribution in [0.5, 0.6) is 0 Å². The average molecular weight is 292 g/mol. The molecule has 0 spiro atoms. The molecule has 0 bridgehead atoms. The Morgan fingerprint density at radius 1 is 1.33 bits per heavy atom. The number of carbonyl (C=O) groups is 1. The zero-order valence-electron chi connectivity index (χ0n) is 12.1. The van der Waals surface area contributed by atoms with Crippen molar-refractivity contribution in [3.63, 3.8) is 0 Å². The third-order valence-corrected chi connectivity index (χ3v) is 2.86. The number of hydrogen-bond donors (Lipinski definition) is 1. The molecule has 0 saturated carbocycles. The molecular formula is C15H20N2O4. The number of nitrogens with one attached hydrogen (secondary N) is 1. The Labute approximate surface area is 123 Å². The molecule has 6 nitrogen and oxygen atoms in total. The molecule has 0 aliphatic carbocycles. The Bertz CT molecular complexity index is 483. The van der Waals surface area contributed by atoms with E-state index in [1.165, 1.54) is 0 Å². The zero-order chi connectivity index (χ0) is 15.5. The monoisotopic (exact) mass is 292 g/mol. The minimum absolute atomic E-state index is 0.0280. The van der Waals surface area contributed by atoms with E-state index < -0.39 is 5.09 Å². The van der Waals surface area contributed by atoms with E-state index in [0.717, 1.165) is 18.4 Å². The highest BCUT2D eigenvalue weighted by atomic mass is 16.9. The van der Waals surface area contributed by atoms with Crippen LogP contribution in [0.15, 0.2) is 36.4 Å². The summed E-state index contributed by atoms with van der Waals surface area (Å²) in [6, 6.07) is 7.13. The molecule has 0 heterocycles. The topological polar surface area (TPSA) is 81.5 Å². The van der Waals surface area contributed by atoms with Gasteiger partial charge in [-0.2, -0.15) is 0 Å². The second kappa shape index (κ2) is 9.52. The van der Waals surface area contributed by atoms with Crippen molar-refractivity contribution in [3.8, 4) is 0 Å². The van der Waals surface area contributed by atoms with Gasteiger partial charge in [0.2, 0.25) is 5.91 Å². The van der Waals surface area contributed by atoms with Crippen LogP contribution >= 0.6 is 0 Å². The predicted octanol–water partition coefficient (Wildman–Crippen LogP) is 2.76. The van der Waals surface area contributed by atoms with E-state index in [1.807, 2.05) is 31.2 Å². The summed E-state index contributed by atoms with van der Waals surface area (Å²) in [4.78, 5) is 25.9. The fourth-order valence-electron chi connectivity index (χ4n) is 1.72. The average Bonchev–Trinajstić information content (AvgIpc) is 2.48. The number of nitrogens with zero attached hydrogens (tertiary/aromatic N) is 1. The van der Waals surface area contributed by atoms with Crippen LogP contribution in [0.3, 0.4) is 0 Å². The van der Waals surface area contributed by atoms with Crippen molar-refractivity contribution in [2.45, 2.75) is 39.3 Å². The lowest BCUT2D eigenvalue weighted by molar-refractivity contribution is -0.763. The van der Waals surface area contributed by atoms with Gasteiger partial charge in [0.15, 0.2) is 0 Å². The van der Waals surface area contributed by atoms with Gasteiger partial charge in [0.1, 0.15) is 6.61 Å². The Morgan fingerprint density at radius 2 is 2.00 bits per heavy atom. The summed E-state index contributed by atoms with van der Waals surface area (Å²) in [6.45, 7) is 2.35. The van der Waals surface area contributed by atoms with Gasteiger partial charge in [0.25, 0.3) is 5.09 Å². The number of amides is 1. The number of hydrogen-bond acceptors (Lipinski definition) is 4. The molecule has 0 aliphatic rings. The Hall–Kier alpha value is -2.37. The fourth-order valence-corrected chi connectivity index (χ4v) is 1.72. The molecule has 0 aromatic heterocycles. The van der Waals surface area contributed by atoms with Gasteiger partial charge < -0.3 is 10.2 Å². The molecule has 1 amide bonds. The maximum Gasteiger partial charge on any atom is 0.294 e. The van der Waals surface area contributed by atoms with Crippen LogP contribution < -0.4 is 5.32 Å². The van der Waals surface area contributed by atoms with Gasteiger partial charge in [0, 0.05) is 13.0 Å². The normalized spacial score (nSPS) is 10.5. The minimum Gasteiger partial charge on any atom is -0.352 e. The number of allylic oxidation sites excluding steroid dienone is 2. The van der Waals surface area contributed by atoms with E-state index in [9.17, 15) is 14.9 Å². The quantitative estimate of drug-likeness (QED) is 0.328. The van der Waals surface area contributed by atoms with Gasteiger partial charge in [-0.05, 0) is 30.9 Å². The molecule has 0 atom stereocenters. The standard InChI is InChI=1S/C15H20N2O4/c1-2-3-4-5-6-15(18)16-11-13-7-9-14(10-8-13)12-21-17(19)20/h2-3,7-10H,4-6,11-12H2,1H3,(H,16,18)/b3-2-. The molecule has 21 heavy (non-hydrogen) atoms. The van der Waals surface area contributed by atoms with Gasteiger partial charge in [-0.1, -0.05) is 36.4 Å². The molecule has 0 radical (unpaired) electrons. The molecule has 0 saturated heterocycles. The van der Waals surface area contributed by atoms with E-state index in [-0.39, 0.29) is 12.5 Å². The minimum atomic E-state index is -0.818. The molecule has 1 rings (SSSR count). The maximum absolute atomic E-state index is 11.6. The van der Waals surface area contributed by atoms with Gasteiger partial charge >= 0.3 is 0 Å². The number of rotatable bonds is 9. The Morgan fingerprint density at radius 3 is 2.62 bits per heavy atom. The molecule has 1 aromatic carbocycles. The van der Waals surface area contributed by atoms with E-state index in [2.05, 4.69) is 10.2 Å². The number of benzene rings is 1. The fraction of sp³-hybridized carbons (Fsp3) is 0.400. The van der Waals surface area contributed by atoms with Crippen LogP contribution in [0.2, 0.25) is 0 Å². The first-order valence-corrected chi connectivity index (χ1v) is 6.85. The maximum atomic E-state index is 11.6. The molecule has 0 unspecified atom stereocenters. The van der Waals surface area contributed by atoms with Crippen LogP contribution in [0, 0.1) is 10.1 Å². The van der Waals surface area contributed by atoms with Crippen LogP contribution in [-0.4, -0.2) is 11.0 Å². The summed E-state index contributed by atoms with van der Waals surface area (Å²) < 4.78 is 0. The molecule has 114 valence electrons. The lowest BCUT2D eigenvalue weighted by Crippen LogP contribution is -2.22. The highest BCUT2D eigenvalue weighted by Crippen LogP contribution is 2.06. The van der Waals surface area contributed by atoms with Crippen molar-refractivity contribution < 1.29 is 14.7 Å². The Kier molecular flexibility index (Phi) is 7.56. The summed E-state index contributed by atoms with van der Waals surface area (Å²) in [7, 11) is 0. The first kappa shape index (κ1) is 16.7. The third-order valence-electron chi connectivity index (χ3n) is 2.86. The van der Waals surface area contributed by atoms with E-state index in [0.29, 0.717) is 18.5 Å². The highest BCUT2D eigenvalue weighted by Gasteiger charge is 2.02. The van der Waals surface area contributed by atoms with Gasteiger partial charge in [-0.25, -0.2) is 0 Å². The van der Waals surface area contributed by atoms with Crippen LogP contribution in [0.1, 0.15) is 37.3 Å². The number of unbranched alkanes of at least 4 members (excludes halogenated alkanes) is 1. The van der Waals surface area contributed by atoms with Gasteiger partial charge in [-0.15, -0.1) is 10.1 Å². The van der Waals surface area contributed by atoms with Crippen molar-refractivity contribution in [2.75, 3.05) is 0 Å². The predicted molar refractivity (Wildman–Crippen MR) is 78.7 cm³/mol. The Balaban J connectivity index is 2.28. The lowest BCUT2D eigenvalue weighted by Gasteiger charge is -2.06. The zero-order valence-corrected chi connectivity index (χ0v) is 12.1. The summed E-state index contributed by atoms with van der Waals surface area (Å²) in [5, 5.41) is 12.1. The van der Waals surface area contributed by atoms with Crippen molar-refractivity contribution in [1.29, 1.82) is 0 Å². The van der Waals surface area contributed by atoms with Crippen LogP contribution in [0.4, 0.5) is 0 Å². The summed E-state index contributed by atoms with van der Waals surface area (Å²) >= 11 is 0. The summed E-state index contributed by atoms with van der Waals surface area (Å²) in [5.74, 6) is 0.0280. The summed E-state index contributed by atoms with van der Waals surface area (Å²) in [5.41, 5.74) is 1.66. The van der Waals surface area contributed by atoms with E-state index >= 15 is 0 Å². The van der Waals surface area contributed by atoms with E-state index in [1.54, 1.807) is 12.1 Å². The molecule has 0 fully saturated rings. The van der Waals surface area contributed by atoms with Crippen LogP contribution in [0.25, 0.3) is 0 Å². The van der Waals surface area contributed by atoms with Crippen molar-refractivity contribution in [2.24, 2.45) is 0 Å². The lowest BCUT2D eigenvalue weighted by atomic mass is 10.1. The second-order valence-electron chi connectivity index (χ2n) is 4.55. The first-order valence-electron chi connectivity index (χ1n) is 6.85. The van der Waals surface area contributed by atoms with Gasteiger partial charge in [0.05, 0.1) is 0 Å². The first-order chi connectivity index (χ1) is 10.1. The van der Waals surface area contributed by atoms with Crippen LogP contribution in [-0.2, 0) is 22.8 Å². The molecule has 6 heteroatoms. The molecule has 1 N–H and O–H groups in total. The highest BCUT2D eigenvalue weighted by molar-refractivity contribution is 5.75.